The summed E-state index contributed by atoms with van der Waals surface area (Å²) in [6.45, 7) is 4.06. The maximum Gasteiger partial charge on any atom is 0.160 e. The summed E-state index contributed by atoms with van der Waals surface area (Å²) in [5, 5.41) is 0. The van der Waals surface area contributed by atoms with Crippen molar-refractivity contribution in [2.45, 2.75) is 32.5 Å². The number of hydrogen-bond donors (Lipinski definition) is 0. The summed E-state index contributed by atoms with van der Waals surface area (Å²) in [6, 6.07) is 0. The maximum atomic E-state index is 5.54. The van der Waals surface area contributed by atoms with E-state index in [2.05, 4.69) is 6.92 Å². The predicted molar refractivity (Wildman–Crippen MR) is 42.2 cm³/mol. The molecular formula is C9H16O2. The standard InChI is InChI=1S/C9H16O2/c1-2-7-6-11-9-8(7)4-3-5-10-9/h7-9H,2-6H2,1H3/t7?,8-,9+/m0/s1. The Kier molecular flexibility index (Phi) is 2.14. The van der Waals surface area contributed by atoms with Crippen LogP contribution in [-0.2, 0) is 9.47 Å². The Bertz CT molecular complexity index is 130. The van der Waals surface area contributed by atoms with Crippen LogP contribution in [0.2, 0.25) is 0 Å². The molecule has 0 spiro atoms. The molecule has 3 atom stereocenters. The minimum Gasteiger partial charge on any atom is -0.352 e. The van der Waals surface area contributed by atoms with Gasteiger partial charge in [0.25, 0.3) is 0 Å². The Morgan fingerprint density at radius 3 is 3.09 bits per heavy atom. The summed E-state index contributed by atoms with van der Waals surface area (Å²) in [4.78, 5) is 0. The van der Waals surface area contributed by atoms with E-state index in [4.69, 9.17) is 9.47 Å². The molecule has 2 heteroatoms. The molecule has 0 aromatic heterocycles. The molecule has 0 aromatic carbocycles. The van der Waals surface area contributed by atoms with Crippen molar-refractivity contribution in [3.05, 3.63) is 0 Å². The van der Waals surface area contributed by atoms with E-state index in [1.54, 1.807) is 0 Å². The van der Waals surface area contributed by atoms with Crippen LogP contribution < -0.4 is 0 Å². The molecule has 64 valence electrons. The second kappa shape index (κ2) is 3.11. The molecule has 2 rings (SSSR count). The summed E-state index contributed by atoms with van der Waals surface area (Å²) in [5.74, 6) is 1.47. The third-order valence-corrected chi connectivity index (χ3v) is 2.92. The van der Waals surface area contributed by atoms with Crippen LogP contribution in [0.4, 0.5) is 0 Å². The van der Waals surface area contributed by atoms with Gasteiger partial charge in [-0.1, -0.05) is 13.3 Å². The van der Waals surface area contributed by atoms with Crippen LogP contribution in [-0.4, -0.2) is 19.5 Å². The normalized spacial score (nSPS) is 43.9. The lowest BCUT2D eigenvalue weighted by Gasteiger charge is -2.26. The number of rotatable bonds is 1. The molecule has 2 saturated heterocycles. The third-order valence-electron chi connectivity index (χ3n) is 2.92. The summed E-state index contributed by atoms with van der Waals surface area (Å²) in [7, 11) is 0. The average molecular weight is 156 g/mol. The van der Waals surface area contributed by atoms with Gasteiger partial charge in [0.05, 0.1) is 6.61 Å². The van der Waals surface area contributed by atoms with Crippen molar-refractivity contribution >= 4 is 0 Å². The number of fused-ring (bicyclic) bond motifs is 1. The van der Waals surface area contributed by atoms with Crippen molar-refractivity contribution in [2.24, 2.45) is 11.8 Å². The highest BCUT2D eigenvalue weighted by molar-refractivity contribution is 4.80. The molecule has 0 N–H and O–H groups in total. The first-order chi connectivity index (χ1) is 5.42. The van der Waals surface area contributed by atoms with Gasteiger partial charge in [0.1, 0.15) is 0 Å². The van der Waals surface area contributed by atoms with Gasteiger partial charge in [0.2, 0.25) is 0 Å². The first-order valence-electron chi connectivity index (χ1n) is 4.65. The lowest BCUT2D eigenvalue weighted by atomic mass is 9.87. The van der Waals surface area contributed by atoms with Gasteiger partial charge in [-0.15, -0.1) is 0 Å². The predicted octanol–water partition coefficient (Wildman–Crippen LogP) is 1.80. The molecule has 11 heavy (non-hydrogen) atoms. The van der Waals surface area contributed by atoms with Crippen LogP contribution >= 0.6 is 0 Å². The van der Waals surface area contributed by atoms with Gasteiger partial charge >= 0.3 is 0 Å². The third kappa shape index (κ3) is 1.30. The van der Waals surface area contributed by atoms with Gasteiger partial charge in [0.15, 0.2) is 6.29 Å². The van der Waals surface area contributed by atoms with Gasteiger partial charge in [-0.05, 0) is 18.8 Å². The molecule has 2 aliphatic heterocycles. The zero-order valence-corrected chi connectivity index (χ0v) is 7.08. The Hall–Kier alpha value is -0.0800. The van der Waals surface area contributed by atoms with E-state index in [1.807, 2.05) is 0 Å². The Morgan fingerprint density at radius 1 is 1.36 bits per heavy atom. The first-order valence-corrected chi connectivity index (χ1v) is 4.65. The minimum absolute atomic E-state index is 0.147. The summed E-state index contributed by atoms with van der Waals surface area (Å²) in [6.07, 6.45) is 3.92. The number of ether oxygens (including phenoxy) is 2. The van der Waals surface area contributed by atoms with E-state index in [1.165, 1.54) is 19.3 Å². The summed E-state index contributed by atoms with van der Waals surface area (Å²) in [5.41, 5.74) is 0. The highest BCUT2D eigenvalue weighted by Crippen LogP contribution is 2.36. The fraction of sp³-hybridized carbons (Fsp3) is 1.00. The largest absolute Gasteiger partial charge is 0.352 e. The van der Waals surface area contributed by atoms with Crippen molar-refractivity contribution < 1.29 is 9.47 Å². The molecule has 0 saturated carbocycles. The van der Waals surface area contributed by atoms with E-state index in [-0.39, 0.29) is 6.29 Å². The maximum absolute atomic E-state index is 5.54. The van der Waals surface area contributed by atoms with Crippen LogP contribution in [0.3, 0.4) is 0 Å². The molecular weight excluding hydrogens is 140 g/mol. The minimum atomic E-state index is 0.147. The average Bonchev–Trinajstić information content (AvgIpc) is 2.47. The molecule has 2 nitrogen and oxygen atoms in total. The fourth-order valence-corrected chi connectivity index (χ4v) is 2.17. The monoisotopic (exact) mass is 156 g/mol. The quantitative estimate of drug-likeness (QED) is 0.576. The molecule has 0 aliphatic carbocycles. The van der Waals surface area contributed by atoms with E-state index >= 15 is 0 Å². The Balaban J connectivity index is 1.98. The lowest BCUT2D eigenvalue weighted by Crippen LogP contribution is -2.28. The Morgan fingerprint density at radius 2 is 2.27 bits per heavy atom. The molecule has 2 aliphatic rings. The van der Waals surface area contributed by atoms with Crippen molar-refractivity contribution in [2.75, 3.05) is 13.2 Å². The second-order valence-electron chi connectivity index (χ2n) is 3.55. The molecule has 0 radical (unpaired) electrons. The highest BCUT2D eigenvalue weighted by atomic mass is 16.7. The summed E-state index contributed by atoms with van der Waals surface area (Å²) < 4.78 is 11.0. The van der Waals surface area contributed by atoms with Crippen LogP contribution in [0.5, 0.6) is 0 Å². The smallest absolute Gasteiger partial charge is 0.160 e. The van der Waals surface area contributed by atoms with Crippen LogP contribution in [0.1, 0.15) is 26.2 Å². The molecule has 0 amide bonds. The van der Waals surface area contributed by atoms with Gasteiger partial charge in [0, 0.05) is 12.5 Å². The van der Waals surface area contributed by atoms with E-state index in [0.29, 0.717) is 5.92 Å². The Labute approximate surface area is 67.9 Å². The van der Waals surface area contributed by atoms with Crippen LogP contribution in [0.15, 0.2) is 0 Å². The molecule has 2 fully saturated rings. The molecule has 2 heterocycles. The number of hydrogen-bond acceptors (Lipinski definition) is 2. The van der Waals surface area contributed by atoms with Crippen molar-refractivity contribution in [3.63, 3.8) is 0 Å². The van der Waals surface area contributed by atoms with Gasteiger partial charge in [-0.2, -0.15) is 0 Å². The van der Waals surface area contributed by atoms with Crippen molar-refractivity contribution in [1.82, 2.24) is 0 Å². The lowest BCUT2D eigenvalue weighted by molar-refractivity contribution is -0.151. The zero-order chi connectivity index (χ0) is 7.68. The van der Waals surface area contributed by atoms with Crippen molar-refractivity contribution in [3.8, 4) is 0 Å². The first kappa shape index (κ1) is 7.56. The highest BCUT2D eigenvalue weighted by Gasteiger charge is 2.38. The van der Waals surface area contributed by atoms with Crippen molar-refractivity contribution in [1.29, 1.82) is 0 Å². The SMILES string of the molecule is CCC1CO[C@H]2OCCC[C@@H]12. The summed E-state index contributed by atoms with van der Waals surface area (Å²) >= 11 is 0. The second-order valence-corrected chi connectivity index (χ2v) is 3.55. The van der Waals surface area contributed by atoms with Gasteiger partial charge < -0.3 is 9.47 Å². The topological polar surface area (TPSA) is 18.5 Å². The van der Waals surface area contributed by atoms with Gasteiger partial charge in [-0.25, -0.2) is 0 Å². The van der Waals surface area contributed by atoms with E-state index in [0.717, 1.165) is 19.1 Å². The zero-order valence-electron chi connectivity index (χ0n) is 7.08. The molecule has 0 aromatic rings. The van der Waals surface area contributed by atoms with Crippen LogP contribution in [0.25, 0.3) is 0 Å². The molecule has 0 bridgehead atoms. The van der Waals surface area contributed by atoms with E-state index < -0.39 is 0 Å². The van der Waals surface area contributed by atoms with E-state index in [9.17, 15) is 0 Å². The van der Waals surface area contributed by atoms with Crippen LogP contribution in [0, 0.1) is 11.8 Å². The van der Waals surface area contributed by atoms with Gasteiger partial charge in [-0.3, -0.25) is 0 Å². The molecule has 1 unspecified atom stereocenters. The fourth-order valence-electron chi connectivity index (χ4n) is 2.17.